The van der Waals surface area contributed by atoms with Gasteiger partial charge in [-0.15, -0.1) is 0 Å². The maximum absolute atomic E-state index is 2.48. The Morgan fingerprint density at radius 3 is 1.57 bits per heavy atom. The molecule has 0 fully saturated rings. The highest BCUT2D eigenvalue weighted by Crippen LogP contribution is 2.31. The first kappa shape index (κ1) is 25.4. The molecule has 1 aliphatic carbocycles. The van der Waals surface area contributed by atoms with Crippen LogP contribution in [0.1, 0.15) is 76.8 Å². The fourth-order valence-electron chi connectivity index (χ4n) is 5.76. The number of hydrogen-bond donors (Lipinski definition) is 0. The highest BCUT2D eigenvalue weighted by Gasteiger charge is 2.44. The van der Waals surface area contributed by atoms with Crippen molar-refractivity contribution in [1.29, 1.82) is 0 Å². The van der Waals surface area contributed by atoms with Crippen molar-refractivity contribution in [3.63, 3.8) is 0 Å². The van der Waals surface area contributed by atoms with E-state index in [2.05, 4.69) is 112 Å². The molecule has 1 aliphatic rings. The summed E-state index contributed by atoms with van der Waals surface area (Å²) in [6, 6.07) is 31.0. The lowest BCUT2D eigenvalue weighted by molar-refractivity contribution is 0.795. The van der Waals surface area contributed by atoms with Crippen LogP contribution in [0.5, 0.6) is 0 Å². The molecule has 0 aromatic heterocycles. The second-order valence-corrected chi connectivity index (χ2v) is 13.9. The molecule has 0 saturated heterocycles. The summed E-state index contributed by atoms with van der Waals surface area (Å²) in [6.45, 7) is 6.87. The van der Waals surface area contributed by atoms with E-state index >= 15 is 0 Å². The Morgan fingerprint density at radius 2 is 1.09 bits per heavy atom. The van der Waals surface area contributed by atoms with Crippen LogP contribution < -0.4 is 15.6 Å². The third kappa shape index (κ3) is 5.46. The Kier molecular flexibility index (Phi) is 8.99. The van der Waals surface area contributed by atoms with E-state index < -0.39 is 8.07 Å². The van der Waals surface area contributed by atoms with Gasteiger partial charge in [-0.05, 0) is 65.2 Å². The first-order chi connectivity index (χ1) is 17.2. The lowest BCUT2D eigenvalue weighted by Crippen LogP contribution is -2.68. The summed E-state index contributed by atoms with van der Waals surface area (Å²) >= 11 is 0. The van der Waals surface area contributed by atoms with Gasteiger partial charge in [-0.1, -0.05) is 142 Å². The first-order valence-corrected chi connectivity index (χ1v) is 15.9. The van der Waals surface area contributed by atoms with Gasteiger partial charge >= 0.3 is 0 Å². The minimum atomic E-state index is -2.38. The molecule has 0 unspecified atom stereocenters. The number of aryl methyl sites for hydroxylation is 2. The summed E-state index contributed by atoms with van der Waals surface area (Å²) in [7, 11) is -2.38. The monoisotopic (exact) mass is 478 g/mol. The normalized spacial score (nSPS) is 13.6. The van der Waals surface area contributed by atoms with Gasteiger partial charge in [0.05, 0.1) is 0 Å². The molecule has 0 spiro atoms. The standard InChI is InChI=1S/C34H42Si/c1-4-7-14-28-20-24-32(25-21-28)35(31-17-10-9-11-18-31,34-19-12-16-30(34)13-6-3)33-26-22-29(23-27-33)15-8-5-2/h9-12,16-18,20-27H,4-8,13-15,19H2,1-3H3. The van der Waals surface area contributed by atoms with Gasteiger partial charge in [-0.25, -0.2) is 0 Å². The van der Waals surface area contributed by atoms with Crippen LogP contribution in [0.3, 0.4) is 0 Å². The minimum Gasteiger partial charge on any atom is -0.0805 e. The van der Waals surface area contributed by atoms with Gasteiger partial charge in [0, 0.05) is 0 Å². The summed E-state index contributed by atoms with van der Waals surface area (Å²) < 4.78 is 0. The van der Waals surface area contributed by atoms with Crippen molar-refractivity contribution in [2.45, 2.75) is 78.6 Å². The van der Waals surface area contributed by atoms with Gasteiger partial charge in [-0.3, -0.25) is 0 Å². The Hall–Kier alpha value is -2.64. The molecule has 3 aromatic carbocycles. The Morgan fingerprint density at radius 1 is 0.571 bits per heavy atom. The molecule has 1 heteroatoms. The zero-order valence-electron chi connectivity index (χ0n) is 22.0. The molecule has 0 atom stereocenters. The molecular formula is C34H42Si. The number of hydrogen-bond acceptors (Lipinski definition) is 0. The molecule has 0 amide bonds. The average Bonchev–Trinajstić information content (AvgIpc) is 3.37. The lowest BCUT2D eigenvalue weighted by atomic mass is 10.1. The van der Waals surface area contributed by atoms with E-state index in [1.807, 2.05) is 0 Å². The van der Waals surface area contributed by atoms with Crippen molar-refractivity contribution in [1.82, 2.24) is 0 Å². The third-order valence-corrected chi connectivity index (χ3v) is 12.6. The molecule has 0 N–H and O–H groups in total. The van der Waals surface area contributed by atoms with Gasteiger partial charge in [0.15, 0.2) is 8.07 Å². The predicted molar refractivity (Wildman–Crippen MR) is 157 cm³/mol. The quantitative estimate of drug-likeness (QED) is 0.187. The van der Waals surface area contributed by atoms with E-state index in [0.29, 0.717) is 0 Å². The second-order valence-electron chi connectivity index (χ2n) is 10.1. The maximum atomic E-state index is 2.48. The first-order valence-electron chi connectivity index (χ1n) is 13.9. The van der Waals surface area contributed by atoms with Crippen LogP contribution in [0.4, 0.5) is 0 Å². The third-order valence-electron chi connectivity index (χ3n) is 7.62. The average molecular weight is 479 g/mol. The highest BCUT2D eigenvalue weighted by atomic mass is 28.3. The molecule has 0 bridgehead atoms. The fraction of sp³-hybridized carbons (Fsp3) is 0.353. The summed E-state index contributed by atoms with van der Waals surface area (Å²) in [5.41, 5.74) is 4.51. The van der Waals surface area contributed by atoms with Crippen LogP contribution in [0, 0.1) is 0 Å². The molecule has 0 nitrogen and oxygen atoms in total. The molecule has 0 aliphatic heterocycles. The second kappa shape index (κ2) is 12.4. The van der Waals surface area contributed by atoms with Crippen LogP contribution >= 0.6 is 0 Å². The van der Waals surface area contributed by atoms with Crippen LogP contribution in [0.25, 0.3) is 0 Å². The van der Waals surface area contributed by atoms with Gasteiger partial charge < -0.3 is 0 Å². The summed E-state index contributed by atoms with van der Waals surface area (Å²) in [4.78, 5) is 0. The largest absolute Gasteiger partial charge is 0.176 e. The molecule has 182 valence electrons. The van der Waals surface area contributed by atoms with Crippen molar-refractivity contribution in [2.75, 3.05) is 0 Å². The van der Waals surface area contributed by atoms with Gasteiger partial charge in [0.1, 0.15) is 0 Å². The van der Waals surface area contributed by atoms with Crippen molar-refractivity contribution in [3.8, 4) is 0 Å². The van der Waals surface area contributed by atoms with Crippen molar-refractivity contribution < 1.29 is 0 Å². The number of benzene rings is 3. The Labute approximate surface area is 214 Å². The van der Waals surface area contributed by atoms with E-state index in [0.717, 1.165) is 12.8 Å². The topological polar surface area (TPSA) is 0 Å². The van der Waals surface area contributed by atoms with Crippen LogP contribution in [0.15, 0.2) is 102 Å². The molecule has 0 heterocycles. The molecule has 0 saturated carbocycles. The van der Waals surface area contributed by atoms with Crippen molar-refractivity contribution in [3.05, 3.63) is 113 Å². The SMILES string of the molecule is CCCCc1ccc([Si](C2=C(CCC)C=CC2)(c2ccccc2)c2ccc(CCCC)cc2)cc1. The lowest BCUT2D eigenvalue weighted by Gasteiger charge is -2.36. The molecule has 35 heavy (non-hydrogen) atoms. The minimum absolute atomic E-state index is 1.08. The Bertz CT molecular complexity index is 1070. The summed E-state index contributed by atoms with van der Waals surface area (Å²) in [6.07, 6.45) is 15.6. The molecule has 0 radical (unpaired) electrons. The Balaban J connectivity index is 1.94. The van der Waals surface area contributed by atoms with E-state index in [9.17, 15) is 0 Å². The fourth-order valence-corrected chi connectivity index (χ4v) is 10.9. The van der Waals surface area contributed by atoms with Crippen LogP contribution in [-0.4, -0.2) is 8.07 Å². The van der Waals surface area contributed by atoms with Gasteiger partial charge in [0.25, 0.3) is 0 Å². The number of allylic oxidation sites excluding steroid dienone is 4. The molecular weight excluding hydrogens is 436 g/mol. The van der Waals surface area contributed by atoms with Crippen molar-refractivity contribution in [2.24, 2.45) is 0 Å². The van der Waals surface area contributed by atoms with Crippen LogP contribution in [-0.2, 0) is 12.8 Å². The van der Waals surface area contributed by atoms with E-state index in [-0.39, 0.29) is 0 Å². The maximum Gasteiger partial charge on any atom is 0.176 e. The van der Waals surface area contributed by atoms with E-state index in [1.54, 1.807) is 10.8 Å². The van der Waals surface area contributed by atoms with E-state index in [1.165, 1.54) is 71.6 Å². The van der Waals surface area contributed by atoms with Gasteiger partial charge in [0.2, 0.25) is 0 Å². The van der Waals surface area contributed by atoms with Gasteiger partial charge in [-0.2, -0.15) is 0 Å². The summed E-state index contributed by atoms with van der Waals surface area (Å²) in [5, 5.41) is 6.25. The summed E-state index contributed by atoms with van der Waals surface area (Å²) in [5.74, 6) is 0. The highest BCUT2D eigenvalue weighted by molar-refractivity contribution is 7.16. The molecule has 4 rings (SSSR count). The zero-order chi connectivity index (χ0) is 24.5. The zero-order valence-corrected chi connectivity index (χ0v) is 23.0. The predicted octanol–water partition coefficient (Wildman–Crippen LogP) is 7.44. The van der Waals surface area contributed by atoms with Crippen LogP contribution in [0.2, 0.25) is 0 Å². The van der Waals surface area contributed by atoms with E-state index in [4.69, 9.17) is 0 Å². The number of rotatable bonds is 12. The number of unbranched alkanes of at least 4 members (excludes halogenated alkanes) is 2. The smallest absolute Gasteiger partial charge is 0.0805 e. The molecule has 3 aromatic rings. The van der Waals surface area contributed by atoms with Crippen molar-refractivity contribution >= 4 is 23.6 Å².